The summed E-state index contributed by atoms with van der Waals surface area (Å²) in [5.74, 6) is -0.640. The van der Waals surface area contributed by atoms with Crippen molar-refractivity contribution in [1.29, 1.82) is 0 Å². The molecule has 0 unspecified atom stereocenters. The summed E-state index contributed by atoms with van der Waals surface area (Å²) in [7, 11) is 0. The van der Waals surface area contributed by atoms with Gasteiger partial charge >= 0.3 is 0 Å². The minimum Gasteiger partial charge on any atom is -0.373 e. The van der Waals surface area contributed by atoms with Crippen LogP contribution in [0.4, 0.5) is 11.4 Å². The molecule has 0 aromatic heterocycles. The predicted molar refractivity (Wildman–Crippen MR) is 141 cm³/mol. The Balaban J connectivity index is 1.76. The van der Waals surface area contributed by atoms with Crippen molar-refractivity contribution in [2.75, 3.05) is 11.9 Å². The second-order valence-electron chi connectivity index (χ2n) is 9.07. The summed E-state index contributed by atoms with van der Waals surface area (Å²) in [6, 6.07) is 21.6. The zero-order valence-electron chi connectivity index (χ0n) is 20.5. The zero-order chi connectivity index (χ0) is 26.2. The van der Waals surface area contributed by atoms with Gasteiger partial charge in [0.2, 0.25) is 11.8 Å². The van der Waals surface area contributed by atoms with Gasteiger partial charge in [0.05, 0.1) is 4.92 Å². The third kappa shape index (κ3) is 6.31. The highest BCUT2D eigenvalue weighted by Gasteiger charge is 2.40. The van der Waals surface area contributed by atoms with Crippen LogP contribution in [0.1, 0.15) is 42.0 Å². The second kappa shape index (κ2) is 12.1. The van der Waals surface area contributed by atoms with Gasteiger partial charge in [0.25, 0.3) is 5.69 Å². The fourth-order valence-corrected chi connectivity index (χ4v) is 4.57. The molecule has 0 saturated carbocycles. The van der Waals surface area contributed by atoms with Crippen LogP contribution in [0.5, 0.6) is 0 Å². The first-order valence-corrected chi connectivity index (χ1v) is 12.4. The summed E-state index contributed by atoms with van der Waals surface area (Å²) in [5, 5.41) is 17.8. The van der Waals surface area contributed by atoms with E-state index in [1.165, 1.54) is 17.0 Å². The molecule has 1 aliphatic rings. The first-order valence-electron chi connectivity index (χ1n) is 12.4. The van der Waals surface area contributed by atoms with Crippen molar-refractivity contribution in [2.45, 2.75) is 44.4 Å². The molecule has 3 aromatic rings. The Bertz CT molecular complexity index is 1240. The summed E-state index contributed by atoms with van der Waals surface area (Å²) in [6.07, 6.45) is 2.01. The van der Waals surface area contributed by atoms with Crippen LogP contribution < -0.4 is 16.4 Å². The first-order chi connectivity index (χ1) is 18.0. The third-order valence-corrected chi connectivity index (χ3v) is 6.46. The summed E-state index contributed by atoms with van der Waals surface area (Å²) < 4.78 is 0. The molecule has 0 radical (unpaired) electrons. The van der Waals surface area contributed by atoms with Crippen LogP contribution in [-0.4, -0.2) is 34.2 Å². The van der Waals surface area contributed by atoms with Crippen LogP contribution in [0.3, 0.4) is 0 Å². The molecule has 9 heteroatoms. The van der Waals surface area contributed by atoms with Crippen LogP contribution in [0.2, 0.25) is 0 Å². The SMILES string of the molecule is NCCCC[C@@H]1Nc2ccc([N+](=O)[O-])cc2[C@@H](C(=O)NCc2ccccc2)N(Cc2ccccc2)C1=O. The van der Waals surface area contributed by atoms with E-state index in [9.17, 15) is 19.7 Å². The molecule has 0 fully saturated rings. The van der Waals surface area contributed by atoms with Crippen molar-refractivity contribution in [3.63, 3.8) is 0 Å². The number of anilines is 1. The molecule has 192 valence electrons. The molecule has 0 bridgehead atoms. The zero-order valence-corrected chi connectivity index (χ0v) is 20.5. The topological polar surface area (TPSA) is 131 Å². The van der Waals surface area contributed by atoms with Crippen LogP contribution in [0.15, 0.2) is 78.9 Å². The predicted octanol–water partition coefficient (Wildman–Crippen LogP) is 3.90. The van der Waals surface area contributed by atoms with Crippen molar-refractivity contribution in [1.82, 2.24) is 10.2 Å². The molecule has 9 nitrogen and oxygen atoms in total. The molecule has 1 heterocycles. The molecule has 2 amide bonds. The van der Waals surface area contributed by atoms with Gasteiger partial charge in [-0.2, -0.15) is 0 Å². The van der Waals surface area contributed by atoms with Crippen molar-refractivity contribution in [3.8, 4) is 0 Å². The van der Waals surface area contributed by atoms with Crippen molar-refractivity contribution >= 4 is 23.2 Å². The molecular formula is C28H31N5O4. The van der Waals surface area contributed by atoms with Crippen molar-refractivity contribution < 1.29 is 14.5 Å². The normalized spacial score (nSPS) is 16.9. The van der Waals surface area contributed by atoms with Gasteiger partial charge in [-0.3, -0.25) is 19.7 Å². The number of rotatable bonds is 10. The van der Waals surface area contributed by atoms with Gasteiger partial charge in [0, 0.05) is 36.5 Å². The monoisotopic (exact) mass is 501 g/mol. The molecular weight excluding hydrogens is 470 g/mol. The lowest BCUT2D eigenvalue weighted by molar-refractivity contribution is -0.384. The molecule has 37 heavy (non-hydrogen) atoms. The molecule has 0 saturated heterocycles. The highest BCUT2D eigenvalue weighted by molar-refractivity contribution is 5.95. The highest BCUT2D eigenvalue weighted by Crippen LogP contribution is 2.37. The number of nitrogens with two attached hydrogens (primary N) is 1. The number of nitrogens with one attached hydrogen (secondary N) is 2. The van der Waals surface area contributed by atoms with Gasteiger partial charge in [-0.15, -0.1) is 0 Å². The summed E-state index contributed by atoms with van der Waals surface area (Å²) in [4.78, 5) is 40.4. The van der Waals surface area contributed by atoms with Gasteiger partial charge < -0.3 is 21.3 Å². The molecule has 0 spiro atoms. The van der Waals surface area contributed by atoms with E-state index < -0.39 is 22.9 Å². The number of benzene rings is 3. The fraction of sp³-hybridized carbons (Fsp3) is 0.286. The lowest BCUT2D eigenvalue weighted by Crippen LogP contribution is -2.46. The maximum atomic E-state index is 13.9. The number of carbonyl (C=O) groups is 2. The van der Waals surface area contributed by atoms with E-state index in [0.717, 1.165) is 24.0 Å². The number of hydrogen-bond acceptors (Lipinski definition) is 6. The Labute approximate surface area is 215 Å². The molecule has 1 aliphatic heterocycles. The Kier molecular flexibility index (Phi) is 8.48. The maximum Gasteiger partial charge on any atom is 0.269 e. The van der Waals surface area contributed by atoms with E-state index in [4.69, 9.17) is 5.73 Å². The second-order valence-corrected chi connectivity index (χ2v) is 9.07. The Morgan fingerprint density at radius 1 is 1.00 bits per heavy atom. The lowest BCUT2D eigenvalue weighted by atomic mass is 10.0. The molecule has 0 aliphatic carbocycles. The van der Waals surface area contributed by atoms with Gasteiger partial charge in [0.1, 0.15) is 12.1 Å². The number of nitro groups is 1. The van der Waals surface area contributed by atoms with Crippen LogP contribution in [0.25, 0.3) is 0 Å². The van der Waals surface area contributed by atoms with Gasteiger partial charge in [-0.25, -0.2) is 0 Å². The minimum atomic E-state index is -1.06. The van der Waals surface area contributed by atoms with Crippen molar-refractivity contribution in [3.05, 3.63) is 106 Å². The average molecular weight is 502 g/mol. The number of nitro benzene ring substituents is 1. The van der Waals surface area contributed by atoms with E-state index >= 15 is 0 Å². The van der Waals surface area contributed by atoms with E-state index in [2.05, 4.69) is 10.6 Å². The molecule has 4 rings (SSSR count). The number of amides is 2. The number of non-ortho nitro benzene ring substituents is 1. The largest absolute Gasteiger partial charge is 0.373 e. The molecule has 4 N–H and O–H groups in total. The van der Waals surface area contributed by atoms with Crippen molar-refractivity contribution in [2.24, 2.45) is 5.73 Å². The van der Waals surface area contributed by atoms with E-state index in [1.807, 2.05) is 60.7 Å². The van der Waals surface area contributed by atoms with E-state index in [1.54, 1.807) is 6.07 Å². The van der Waals surface area contributed by atoms with Crippen LogP contribution >= 0.6 is 0 Å². The number of unbranched alkanes of at least 4 members (excludes halogenated alkanes) is 1. The Hall–Kier alpha value is -4.24. The Morgan fingerprint density at radius 2 is 1.68 bits per heavy atom. The van der Waals surface area contributed by atoms with Crippen LogP contribution in [-0.2, 0) is 22.7 Å². The fourth-order valence-electron chi connectivity index (χ4n) is 4.57. The summed E-state index contributed by atoms with van der Waals surface area (Å²) in [5.41, 5.74) is 8.21. The number of fused-ring (bicyclic) bond motifs is 1. The van der Waals surface area contributed by atoms with Gasteiger partial charge in [-0.05, 0) is 43.0 Å². The molecule has 3 aromatic carbocycles. The summed E-state index contributed by atoms with van der Waals surface area (Å²) in [6.45, 7) is 0.962. The Morgan fingerprint density at radius 3 is 2.32 bits per heavy atom. The maximum absolute atomic E-state index is 13.9. The lowest BCUT2D eigenvalue weighted by Gasteiger charge is -2.31. The van der Waals surface area contributed by atoms with Gasteiger partial charge in [-0.1, -0.05) is 60.7 Å². The first kappa shape index (κ1) is 25.8. The standard InChI is InChI=1S/C28H31N5O4/c29-16-8-7-13-25-28(35)32(19-21-11-5-2-6-12-21)26(27(34)30-18-20-9-3-1-4-10-20)23-17-22(33(36)37)14-15-24(23)31-25/h1-6,9-12,14-15,17,25-26,31H,7-8,13,16,18-19,29H2,(H,30,34)/t25-,26-/m0/s1. The number of hydrogen-bond donors (Lipinski definition) is 3. The number of nitrogens with zero attached hydrogens (tertiary/aromatic N) is 2. The van der Waals surface area contributed by atoms with Crippen LogP contribution in [0, 0.1) is 10.1 Å². The summed E-state index contributed by atoms with van der Waals surface area (Å²) >= 11 is 0. The number of carbonyl (C=O) groups excluding carboxylic acids is 2. The highest BCUT2D eigenvalue weighted by atomic mass is 16.6. The minimum absolute atomic E-state index is 0.143. The van der Waals surface area contributed by atoms with E-state index in [-0.39, 0.29) is 24.7 Å². The quantitative estimate of drug-likeness (QED) is 0.219. The average Bonchev–Trinajstić information content (AvgIpc) is 3.02. The molecule has 2 atom stereocenters. The van der Waals surface area contributed by atoms with Gasteiger partial charge in [0.15, 0.2) is 0 Å². The smallest absolute Gasteiger partial charge is 0.269 e. The van der Waals surface area contributed by atoms with E-state index in [0.29, 0.717) is 24.2 Å². The third-order valence-electron chi connectivity index (χ3n) is 6.46.